The highest BCUT2D eigenvalue weighted by molar-refractivity contribution is 6.31. The van der Waals surface area contributed by atoms with Crippen LogP contribution in [0.25, 0.3) is 0 Å². The van der Waals surface area contributed by atoms with Crippen LogP contribution in [0.2, 0.25) is 5.02 Å². The summed E-state index contributed by atoms with van der Waals surface area (Å²) in [5.41, 5.74) is 3.30. The molecule has 1 nitrogen and oxygen atoms in total. The Morgan fingerprint density at radius 1 is 1.10 bits per heavy atom. The molecule has 0 fully saturated rings. The van der Waals surface area contributed by atoms with Crippen LogP contribution in [0.1, 0.15) is 40.9 Å². The number of carbonyl (C=O) groups excluding carboxylic acids is 1. The Labute approximate surface area is 129 Å². The van der Waals surface area contributed by atoms with E-state index in [1.807, 2.05) is 18.2 Å². The van der Waals surface area contributed by atoms with Gasteiger partial charge in [0, 0.05) is 22.6 Å². The maximum atomic E-state index is 13.8. The van der Waals surface area contributed by atoms with Crippen LogP contribution in [0.5, 0.6) is 0 Å². The van der Waals surface area contributed by atoms with Gasteiger partial charge in [-0.2, -0.15) is 0 Å². The van der Waals surface area contributed by atoms with Crippen molar-refractivity contribution in [1.29, 1.82) is 0 Å². The van der Waals surface area contributed by atoms with Crippen molar-refractivity contribution in [1.82, 2.24) is 0 Å². The van der Waals surface area contributed by atoms with Gasteiger partial charge in [0.1, 0.15) is 5.82 Å². The van der Waals surface area contributed by atoms with Crippen LogP contribution < -0.4 is 0 Å². The van der Waals surface area contributed by atoms with E-state index in [1.165, 1.54) is 23.3 Å². The number of hydrogen-bond donors (Lipinski definition) is 0. The third kappa shape index (κ3) is 3.51. The largest absolute Gasteiger partial charge is 0.294 e. The summed E-state index contributed by atoms with van der Waals surface area (Å²) in [4.78, 5) is 12.4. The normalized spacial score (nSPS) is 10.7. The lowest BCUT2D eigenvalue weighted by atomic mass is 9.96. The Kier molecular flexibility index (Phi) is 5.13. The fraction of sp³-hybridized carbons (Fsp3) is 0.278. The molecule has 0 saturated carbocycles. The van der Waals surface area contributed by atoms with Crippen molar-refractivity contribution in [3.05, 3.63) is 69.5 Å². The molecule has 0 heterocycles. The molecule has 0 bridgehead atoms. The van der Waals surface area contributed by atoms with E-state index in [0.717, 1.165) is 12.8 Å². The van der Waals surface area contributed by atoms with Gasteiger partial charge in [-0.05, 0) is 42.2 Å². The summed E-state index contributed by atoms with van der Waals surface area (Å²) in [6.45, 7) is 4.16. The fourth-order valence-electron chi connectivity index (χ4n) is 2.44. The van der Waals surface area contributed by atoms with Crippen LogP contribution in [-0.2, 0) is 19.3 Å². The van der Waals surface area contributed by atoms with Crippen LogP contribution in [0, 0.1) is 5.82 Å². The Morgan fingerprint density at radius 3 is 2.43 bits per heavy atom. The van der Waals surface area contributed by atoms with E-state index in [2.05, 4.69) is 13.8 Å². The van der Waals surface area contributed by atoms with Crippen molar-refractivity contribution in [2.75, 3.05) is 0 Å². The van der Waals surface area contributed by atoms with Gasteiger partial charge in [0.25, 0.3) is 0 Å². The molecule has 110 valence electrons. The summed E-state index contributed by atoms with van der Waals surface area (Å²) in [7, 11) is 0. The minimum absolute atomic E-state index is 0.0138. The van der Waals surface area contributed by atoms with E-state index in [0.29, 0.717) is 10.6 Å². The van der Waals surface area contributed by atoms with Crippen molar-refractivity contribution >= 4 is 17.4 Å². The highest BCUT2D eigenvalue weighted by Gasteiger charge is 2.14. The summed E-state index contributed by atoms with van der Waals surface area (Å²) < 4.78 is 13.8. The van der Waals surface area contributed by atoms with Gasteiger partial charge in [0.2, 0.25) is 0 Å². The molecule has 0 aliphatic rings. The quantitative estimate of drug-likeness (QED) is 0.708. The first-order chi connectivity index (χ1) is 10.1. The minimum atomic E-state index is -0.434. The number of halogens is 2. The van der Waals surface area contributed by atoms with Gasteiger partial charge >= 0.3 is 0 Å². The molecule has 0 radical (unpaired) electrons. The Bertz CT molecular complexity index is 644. The summed E-state index contributed by atoms with van der Waals surface area (Å²) >= 11 is 5.98. The number of Topliss-reactive ketones (excluding diaryl/α,β-unsaturated/α-hetero) is 1. The standard InChI is InChI=1S/C18H18ClFO/c1-3-12-8-9-14(10-13(12)4-2)18(21)11-15-16(19)6-5-7-17(15)20/h5-10H,3-4,11H2,1-2H3. The summed E-state index contributed by atoms with van der Waals surface area (Å²) in [6.07, 6.45) is 1.81. The molecule has 3 heteroatoms. The van der Waals surface area contributed by atoms with Crippen molar-refractivity contribution in [2.24, 2.45) is 0 Å². The molecule has 0 amide bonds. The Balaban J connectivity index is 2.29. The highest BCUT2D eigenvalue weighted by Crippen LogP contribution is 2.22. The zero-order valence-electron chi connectivity index (χ0n) is 12.2. The third-order valence-corrected chi connectivity index (χ3v) is 4.04. The lowest BCUT2D eigenvalue weighted by Crippen LogP contribution is -2.07. The second kappa shape index (κ2) is 6.86. The molecule has 2 aromatic rings. The lowest BCUT2D eigenvalue weighted by molar-refractivity contribution is 0.0991. The van der Waals surface area contributed by atoms with Crippen LogP contribution >= 0.6 is 11.6 Å². The van der Waals surface area contributed by atoms with Gasteiger partial charge < -0.3 is 0 Å². The van der Waals surface area contributed by atoms with E-state index in [1.54, 1.807) is 6.07 Å². The minimum Gasteiger partial charge on any atom is -0.294 e. The molecule has 0 saturated heterocycles. The van der Waals surface area contributed by atoms with E-state index in [-0.39, 0.29) is 17.8 Å². The fourth-order valence-corrected chi connectivity index (χ4v) is 2.67. The van der Waals surface area contributed by atoms with Gasteiger partial charge in [-0.15, -0.1) is 0 Å². The summed E-state index contributed by atoms with van der Waals surface area (Å²) in [6, 6.07) is 10.2. The molecule has 2 aromatic carbocycles. The van der Waals surface area contributed by atoms with Crippen molar-refractivity contribution in [3.63, 3.8) is 0 Å². The number of rotatable bonds is 5. The zero-order valence-corrected chi connectivity index (χ0v) is 13.0. The van der Waals surface area contributed by atoms with Crippen LogP contribution in [-0.4, -0.2) is 5.78 Å². The monoisotopic (exact) mass is 304 g/mol. The van der Waals surface area contributed by atoms with E-state index in [9.17, 15) is 9.18 Å². The first-order valence-corrected chi connectivity index (χ1v) is 7.52. The average molecular weight is 305 g/mol. The van der Waals surface area contributed by atoms with Crippen molar-refractivity contribution in [3.8, 4) is 0 Å². The smallest absolute Gasteiger partial charge is 0.167 e. The number of benzene rings is 2. The molecule has 0 N–H and O–H groups in total. The summed E-state index contributed by atoms with van der Waals surface area (Å²) in [5, 5.41) is 0.296. The first-order valence-electron chi connectivity index (χ1n) is 7.14. The van der Waals surface area contributed by atoms with Gasteiger partial charge in [-0.3, -0.25) is 4.79 Å². The number of aryl methyl sites for hydroxylation is 2. The maximum absolute atomic E-state index is 13.8. The molecule has 0 unspecified atom stereocenters. The van der Waals surface area contributed by atoms with Crippen LogP contribution in [0.3, 0.4) is 0 Å². The van der Waals surface area contributed by atoms with Gasteiger partial charge in [-0.25, -0.2) is 4.39 Å². The topological polar surface area (TPSA) is 17.1 Å². The lowest BCUT2D eigenvalue weighted by Gasteiger charge is -2.09. The molecule has 0 aliphatic carbocycles. The van der Waals surface area contributed by atoms with E-state index in [4.69, 9.17) is 11.6 Å². The number of carbonyl (C=O) groups is 1. The van der Waals surface area contributed by atoms with Crippen LogP contribution in [0.15, 0.2) is 36.4 Å². The number of hydrogen-bond acceptors (Lipinski definition) is 1. The third-order valence-electron chi connectivity index (χ3n) is 3.69. The molecule has 0 aliphatic heterocycles. The predicted molar refractivity (Wildman–Crippen MR) is 84.6 cm³/mol. The number of ketones is 1. The van der Waals surface area contributed by atoms with Crippen LogP contribution in [0.4, 0.5) is 4.39 Å². The Hall–Kier alpha value is -1.67. The Morgan fingerprint density at radius 2 is 1.81 bits per heavy atom. The SMILES string of the molecule is CCc1ccc(C(=O)Cc2c(F)cccc2Cl)cc1CC. The van der Waals surface area contributed by atoms with Crippen molar-refractivity contribution in [2.45, 2.75) is 33.1 Å². The van der Waals surface area contributed by atoms with Gasteiger partial charge in [0.15, 0.2) is 5.78 Å². The molecule has 0 aromatic heterocycles. The first kappa shape index (κ1) is 15.7. The molecule has 0 spiro atoms. The maximum Gasteiger partial charge on any atom is 0.167 e. The van der Waals surface area contributed by atoms with Gasteiger partial charge in [-0.1, -0.05) is 43.6 Å². The second-order valence-electron chi connectivity index (χ2n) is 4.99. The molecule has 0 atom stereocenters. The van der Waals surface area contributed by atoms with E-state index < -0.39 is 5.82 Å². The molecule has 21 heavy (non-hydrogen) atoms. The van der Waals surface area contributed by atoms with Crippen molar-refractivity contribution < 1.29 is 9.18 Å². The predicted octanol–water partition coefficient (Wildman–Crippen LogP) is 5.03. The molecular weight excluding hydrogens is 287 g/mol. The highest BCUT2D eigenvalue weighted by atomic mass is 35.5. The van der Waals surface area contributed by atoms with E-state index >= 15 is 0 Å². The molecular formula is C18H18ClFO. The molecule has 2 rings (SSSR count). The second-order valence-corrected chi connectivity index (χ2v) is 5.40. The summed E-state index contributed by atoms with van der Waals surface area (Å²) in [5.74, 6) is -0.545. The average Bonchev–Trinajstić information content (AvgIpc) is 2.50. The van der Waals surface area contributed by atoms with Gasteiger partial charge in [0.05, 0.1) is 0 Å². The zero-order chi connectivity index (χ0) is 15.4.